The first-order valence-corrected chi connectivity index (χ1v) is 6.25. The number of hydrogen-bond donors (Lipinski definition) is 2. The molecule has 1 heterocycles. The highest BCUT2D eigenvalue weighted by molar-refractivity contribution is 4.92. The van der Waals surface area contributed by atoms with Gasteiger partial charge in [-0.25, -0.2) is 0 Å². The third-order valence-corrected chi connectivity index (χ3v) is 3.66. The molecule has 2 nitrogen and oxygen atoms in total. The van der Waals surface area contributed by atoms with Crippen LogP contribution in [-0.2, 0) is 0 Å². The Labute approximate surface area is 87.8 Å². The molecule has 0 bridgehead atoms. The summed E-state index contributed by atoms with van der Waals surface area (Å²) in [6, 6.07) is 2.30. The smallest absolute Gasteiger partial charge is 0.00988 e. The molecular weight excluding hydrogens is 172 g/mol. The average molecular weight is 196 g/mol. The van der Waals surface area contributed by atoms with E-state index < -0.39 is 0 Å². The molecular formula is C12H24N2. The minimum absolute atomic E-state index is 0.695. The zero-order valence-electron chi connectivity index (χ0n) is 9.55. The van der Waals surface area contributed by atoms with Crippen molar-refractivity contribution in [2.45, 2.75) is 64.1 Å². The van der Waals surface area contributed by atoms with Crippen LogP contribution in [0.15, 0.2) is 0 Å². The second kappa shape index (κ2) is 4.63. The lowest BCUT2D eigenvalue weighted by Gasteiger charge is -2.26. The average Bonchev–Trinajstić information content (AvgIpc) is 2.83. The highest BCUT2D eigenvalue weighted by Gasteiger charge is 2.33. The van der Waals surface area contributed by atoms with Gasteiger partial charge in [-0.1, -0.05) is 13.3 Å². The summed E-state index contributed by atoms with van der Waals surface area (Å²) in [7, 11) is 0. The van der Waals surface area contributed by atoms with Crippen molar-refractivity contribution in [1.82, 2.24) is 10.6 Å². The van der Waals surface area contributed by atoms with Crippen molar-refractivity contribution < 1.29 is 0 Å². The molecule has 2 N–H and O–H groups in total. The molecule has 2 heteroatoms. The minimum Gasteiger partial charge on any atom is -0.314 e. The van der Waals surface area contributed by atoms with Crippen LogP contribution in [0.4, 0.5) is 0 Å². The van der Waals surface area contributed by atoms with Crippen LogP contribution in [0, 0.1) is 5.92 Å². The third-order valence-electron chi connectivity index (χ3n) is 3.66. The monoisotopic (exact) mass is 196 g/mol. The lowest BCUT2D eigenvalue weighted by molar-refractivity contribution is 0.342. The van der Waals surface area contributed by atoms with Crippen LogP contribution in [0.3, 0.4) is 0 Å². The molecule has 0 spiro atoms. The van der Waals surface area contributed by atoms with E-state index in [4.69, 9.17) is 0 Å². The number of hydrogen-bond acceptors (Lipinski definition) is 2. The molecule has 4 atom stereocenters. The van der Waals surface area contributed by atoms with Crippen molar-refractivity contribution in [3.05, 3.63) is 0 Å². The van der Waals surface area contributed by atoms with Gasteiger partial charge in [0, 0.05) is 18.1 Å². The van der Waals surface area contributed by atoms with E-state index in [9.17, 15) is 0 Å². The van der Waals surface area contributed by atoms with Gasteiger partial charge in [0.05, 0.1) is 0 Å². The lowest BCUT2D eigenvalue weighted by atomic mass is 9.99. The summed E-state index contributed by atoms with van der Waals surface area (Å²) in [5, 5.41) is 7.33. The standard InChI is InChI=1S/C12H24N2/c1-9-7-12(9)14-10(2)8-11-5-3-4-6-13-11/h9-14H,3-8H2,1-2H3. The molecule has 0 aromatic heterocycles. The van der Waals surface area contributed by atoms with Crippen molar-refractivity contribution >= 4 is 0 Å². The fourth-order valence-corrected chi connectivity index (χ4v) is 2.54. The van der Waals surface area contributed by atoms with E-state index in [0.717, 1.165) is 18.0 Å². The van der Waals surface area contributed by atoms with Gasteiger partial charge in [-0.15, -0.1) is 0 Å². The molecule has 4 unspecified atom stereocenters. The second-order valence-corrected chi connectivity index (χ2v) is 5.27. The van der Waals surface area contributed by atoms with E-state index in [-0.39, 0.29) is 0 Å². The quantitative estimate of drug-likeness (QED) is 0.717. The van der Waals surface area contributed by atoms with Gasteiger partial charge in [-0.3, -0.25) is 0 Å². The molecule has 2 rings (SSSR count). The van der Waals surface area contributed by atoms with Gasteiger partial charge in [-0.2, -0.15) is 0 Å². The first kappa shape index (κ1) is 10.4. The van der Waals surface area contributed by atoms with Gasteiger partial charge >= 0.3 is 0 Å². The van der Waals surface area contributed by atoms with Crippen LogP contribution in [0.2, 0.25) is 0 Å². The Morgan fingerprint density at radius 2 is 2.21 bits per heavy atom. The fourth-order valence-electron chi connectivity index (χ4n) is 2.54. The summed E-state index contributed by atoms with van der Waals surface area (Å²) in [5.41, 5.74) is 0. The molecule has 0 aromatic rings. The predicted molar refractivity (Wildman–Crippen MR) is 60.4 cm³/mol. The summed E-state index contributed by atoms with van der Waals surface area (Å²) in [5.74, 6) is 0.928. The van der Waals surface area contributed by atoms with Crippen LogP contribution in [-0.4, -0.2) is 24.7 Å². The molecule has 0 amide bonds. The molecule has 14 heavy (non-hydrogen) atoms. The Balaban J connectivity index is 1.63. The van der Waals surface area contributed by atoms with Gasteiger partial charge < -0.3 is 10.6 Å². The highest BCUT2D eigenvalue weighted by atomic mass is 15.0. The van der Waals surface area contributed by atoms with Gasteiger partial charge in [-0.05, 0) is 45.1 Å². The molecule has 2 aliphatic rings. The zero-order chi connectivity index (χ0) is 9.97. The van der Waals surface area contributed by atoms with E-state index in [0.29, 0.717) is 6.04 Å². The molecule has 1 saturated carbocycles. The first-order valence-electron chi connectivity index (χ1n) is 6.25. The number of rotatable bonds is 4. The number of piperidine rings is 1. The van der Waals surface area contributed by atoms with Gasteiger partial charge in [0.2, 0.25) is 0 Å². The highest BCUT2D eigenvalue weighted by Crippen LogP contribution is 2.29. The molecule has 1 aliphatic heterocycles. The Hall–Kier alpha value is -0.0800. The van der Waals surface area contributed by atoms with Gasteiger partial charge in [0.1, 0.15) is 0 Å². The first-order chi connectivity index (χ1) is 6.75. The maximum atomic E-state index is 3.71. The van der Waals surface area contributed by atoms with Crippen molar-refractivity contribution in [3.63, 3.8) is 0 Å². The molecule has 1 saturated heterocycles. The van der Waals surface area contributed by atoms with Crippen LogP contribution in [0.1, 0.15) is 46.0 Å². The van der Waals surface area contributed by atoms with Gasteiger partial charge in [0.15, 0.2) is 0 Å². The summed E-state index contributed by atoms with van der Waals surface area (Å²) in [6.45, 7) is 5.90. The Bertz CT molecular complexity index is 175. The van der Waals surface area contributed by atoms with E-state index in [1.807, 2.05) is 0 Å². The fraction of sp³-hybridized carbons (Fsp3) is 1.00. The molecule has 82 valence electrons. The topological polar surface area (TPSA) is 24.1 Å². The van der Waals surface area contributed by atoms with Crippen molar-refractivity contribution in [1.29, 1.82) is 0 Å². The van der Waals surface area contributed by atoms with E-state index in [1.165, 1.54) is 38.6 Å². The van der Waals surface area contributed by atoms with Crippen LogP contribution < -0.4 is 10.6 Å². The largest absolute Gasteiger partial charge is 0.314 e. The normalized spacial score (nSPS) is 39.4. The van der Waals surface area contributed by atoms with E-state index in [1.54, 1.807) is 0 Å². The SMILES string of the molecule is CC(CC1CCCCN1)NC1CC1C. The molecule has 0 radical (unpaired) electrons. The maximum absolute atomic E-state index is 3.71. The predicted octanol–water partition coefficient (Wildman–Crippen LogP) is 1.91. The zero-order valence-corrected chi connectivity index (χ0v) is 9.55. The Morgan fingerprint density at radius 1 is 1.43 bits per heavy atom. The summed E-state index contributed by atoms with van der Waals surface area (Å²) >= 11 is 0. The van der Waals surface area contributed by atoms with E-state index >= 15 is 0 Å². The van der Waals surface area contributed by atoms with Gasteiger partial charge in [0.25, 0.3) is 0 Å². The number of nitrogens with one attached hydrogen (secondary N) is 2. The van der Waals surface area contributed by atoms with Crippen LogP contribution >= 0.6 is 0 Å². The van der Waals surface area contributed by atoms with E-state index in [2.05, 4.69) is 24.5 Å². The van der Waals surface area contributed by atoms with Crippen molar-refractivity contribution in [2.75, 3.05) is 6.54 Å². The van der Waals surface area contributed by atoms with Crippen molar-refractivity contribution in [3.8, 4) is 0 Å². The lowest BCUT2D eigenvalue weighted by Crippen LogP contribution is -2.40. The summed E-state index contributed by atoms with van der Waals surface area (Å²) < 4.78 is 0. The summed E-state index contributed by atoms with van der Waals surface area (Å²) in [4.78, 5) is 0. The molecule has 1 aliphatic carbocycles. The second-order valence-electron chi connectivity index (χ2n) is 5.27. The Kier molecular flexibility index (Phi) is 3.45. The van der Waals surface area contributed by atoms with Crippen molar-refractivity contribution in [2.24, 2.45) is 5.92 Å². The van der Waals surface area contributed by atoms with Crippen LogP contribution in [0.25, 0.3) is 0 Å². The maximum Gasteiger partial charge on any atom is 0.00988 e. The molecule has 0 aromatic carbocycles. The van der Waals surface area contributed by atoms with Crippen LogP contribution in [0.5, 0.6) is 0 Å². The summed E-state index contributed by atoms with van der Waals surface area (Å²) in [6.07, 6.45) is 6.88. The minimum atomic E-state index is 0.695. The molecule has 2 fully saturated rings. The Morgan fingerprint density at radius 3 is 2.79 bits per heavy atom. The third kappa shape index (κ3) is 2.96.